The van der Waals surface area contributed by atoms with Crippen LogP contribution in [0.15, 0.2) is 36.6 Å². The molecule has 0 unspecified atom stereocenters. The molecule has 6 heteroatoms. The maximum atomic E-state index is 13.0. The maximum absolute atomic E-state index is 13.0. The van der Waals surface area contributed by atoms with Crippen LogP contribution in [0.1, 0.15) is 33.6 Å². The van der Waals surface area contributed by atoms with E-state index in [2.05, 4.69) is 13.2 Å². The van der Waals surface area contributed by atoms with E-state index < -0.39 is 41.4 Å². The summed E-state index contributed by atoms with van der Waals surface area (Å²) in [4.78, 5) is 37.4. The van der Waals surface area contributed by atoms with E-state index in [-0.39, 0.29) is 29.0 Å². The molecule has 2 bridgehead atoms. The molecule has 1 spiro atoms. The Hall–Kier alpha value is -2.21. The highest BCUT2D eigenvalue weighted by Gasteiger charge is 2.66. The van der Waals surface area contributed by atoms with Gasteiger partial charge in [0, 0.05) is 18.3 Å². The Labute approximate surface area is 158 Å². The fourth-order valence-electron chi connectivity index (χ4n) is 4.69. The third-order valence-electron chi connectivity index (χ3n) is 6.12. The van der Waals surface area contributed by atoms with Gasteiger partial charge in [-0.2, -0.15) is 0 Å². The molecule has 0 amide bonds. The lowest BCUT2D eigenvalue weighted by molar-refractivity contribution is -0.220. The number of Topliss-reactive ketones (excluding diaryl/α,β-unsaturated/α-hetero) is 1. The Morgan fingerprint density at radius 1 is 1.33 bits per heavy atom. The molecular weight excluding hydrogens is 348 g/mol. The lowest BCUT2D eigenvalue weighted by Crippen LogP contribution is -2.63. The SMILES string of the molecule is C=CC(=O)[C@@H](C)C[C@@H](C)C(=O)C1=C2O[C@H]3[C@H](O)[C@@H](C=C)[C@@]2(C[C@H]3C)OC1=O. The van der Waals surface area contributed by atoms with Gasteiger partial charge in [0.2, 0.25) is 0 Å². The summed E-state index contributed by atoms with van der Waals surface area (Å²) in [5, 5.41) is 10.6. The predicted octanol–water partition coefficient (Wildman–Crippen LogP) is 2.12. The van der Waals surface area contributed by atoms with Crippen LogP contribution in [0.4, 0.5) is 0 Å². The van der Waals surface area contributed by atoms with Crippen molar-refractivity contribution in [2.45, 2.75) is 51.4 Å². The molecule has 3 aliphatic heterocycles. The zero-order valence-electron chi connectivity index (χ0n) is 15.9. The van der Waals surface area contributed by atoms with Crippen LogP contribution in [-0.2, 0) is 23.9 Å². The molecule has 3 fully saturated rings. The van der Waals surface area contributed by atoms with E-state index in [0.29, 0.717) is 12.8 Å². The molecule has 0 aromatic heterocycles. The predicted molar refractivity (Wildman–Crippen MR) is 97.4 cm³/mol. The van der Waals surface area contributed by atoms with Gasteiger partial charge in [-0.1, -0.05) is 33.4 Å². The van der Waals surface area contributed by atoms with Crippen molar-refractivity contribution in [2.75, 3.05) is 0 Å². The summed E-state index contributed by atoms with van der Waals surface area (Å²) in [5.74, 6) is -2.50. The van der Waals surface area contributed by atoms with Gasteiger partial charge < -0.3 is 14.6 Å². The first-order valence-corrected chi connectivity index (χ1v) is 9.33. The normalized spacial score (nSPS) is 36.4. The molecular formula is C21H26O6. The zero-order valence-corrected chi connectivity index (χ0v) is 15.9. The summed E-state index contributed by atoms with van der Waals surface area (Å²) < 4.78 is 11.6. The van der Waals surface area contributed by atoms with Gasteiger partial charge in [0.25, 0.3) is 0 Å². The molecule has 4 rings (SSSR count). The van der Waals surface area contributed by atoms with Crippen molar-refractivity contribution in [1.29, 1.82) is 0 Å². The third-order valence-corrected chi connectivity index (χ3v) is 6.12. The quantitative estimate of drug-likeness (QED) is 0.318. The number of rotatable bonds is 7. The van der Waals surface area contributed by atoms with Crippen molar-refractivity contribution in [1.82, 2.24) is 0 Å². The lowest BCUT2D eigenvalue weighted by atomic mass is 9.64. The average molecular weight is 374 g/mol. The van der Waals surface area contributed by atoms with Crippen molar-refractivity contribution >= 4 is 17.5 Å². The highest BCUT2D eigenvalue weighted by Crippen LogP contribution is 2.56. The number of fused-ring (bicyclic) bond motifs is 2. The van der Waals surface area contributed by atoms with Crippen LogP contribution >= 0.6 is 0 Å². The number of ketones is 2. The average Bonchev–Trinajstić information content (AvgIpc) is 2.90. The topological polar surface area (TPSA) is 89.9 Å². The molecule has 27 heavy (non-hydrogen) atoms. The van der Waals surface area contributed by atoms with Crippen molar-refractivity contribution < 1.29 is 29.0 Å². The minimum absolute atomic E-state index is 0.0233. The molecule has 0 aromatic rings. The minimum atomic E-state index is -1.17. The smallest absolute Gasteiger partial charge is 0.346 e. The first kappa shape index (κ1) is 19.5. The van der Waals surface area contributed by atoms with Crippen LogP contribution in [0, 0.1) is 23.7 Å². The summed E-state index contributed by atoms with van der Waals surface area (Å²) in [6, 6.07) is 0. The zero-order chi connectivity index (χ0) is 20.1. The number of carbonyl (C=O) groups is 3. The second kappa shape index (κ2) is 6.75. The standard InChI is InChI=1S/C21H26O6/c1-6-13-17(24)18-12(5)9-21(13)19(26-18)15(20(25)27-21)16(23)11(4)8-10(3)14(22)7-2/h6-7,10-13,17-18,24H,1-2,8-9H2,3-5H3/t10-,11+,12+,13+,17+,18+,21+/m0/s1. The van der Waals surface area contributed by atoms with Crippen molar-refractivity contribution in [3.8, 4) is 0 Å². The Bertz CT molecular complexity index is 750. The van der Waals surface area contributed by atoms with E-state index in [1.807, 2.05) is 6.92 Å². The minimum Gasteiger partial charge on any atom is -0.486 e. The molecule has 1 saturated carbocycles. The van der Waals surface area contributed by atoms with Crippen LogP contribution in [0.2, 0.25) is 0 Å². The molecule has 1 aliphatic carbocycles. The number of aliphatic hydroxyl groups excluding tert-OH is 1. The Morgan fingerprint density at radius 2 is 2.00 bits per heavy atom. The van der Waals surface area contributed by atoms with Gasteiger partial charge in [-0.05, 0) is 18.4 Å². The Morgan fingerprint density at radius 3 is 2.59 bits per heavy atom. The van der Waals surface area contributed by atoms with Crippen molar-refractivity contribution in [2.24, 2.45) is 23.7 Å². The van der Waals surface area contributed by atoms with E-state index in [1.165, 1.54) is 6.08 Å². The summed E-state index contributed by atoms with van der Waals surface area (Å²) in [7, 11) is 0. The van der Waals surface area contributed by atoms with Crippen molar-refractivity contribution in [3.63, 3.8) is 0 Å². The Kier molecular flexibility index (Phi) is 4.89. The highest BCUT2D eigenvalue weighted by molar-refractivity contribution is 6.20. The van der Waals surface area contributed by atoms with Crippen LogP contribution < -0.4 is 0 Å². The van der Waals surface area contributed by atoms with Gasteiger partial charge >= 0.3 is 5.97 Å². The summed E-state index contributed by atoms with van der Waals surface area (Å²) in [6.07, 6.45) is 2.22. The largest absolute Gasteiger partial charge is 0.486 e. The van der Waals surface area contributed by atoms with Gasteiger partial charge in [-0.3, -0.25) is 9.59 Å². The van der Waals surface area contributed by atoms with Gasteiger partial charge in [0.05, 0.1) is 5.92 Å². The fraction of sp³-hybridized carbons (Fsp3) is 0.571. The number of carbonyl (C=O) groups excluding carboxylic acids is 3. The van der Waals surface area contributed by atoms with Gasteiger partial charge in [-0.15, -0.1) is 6.58 Å². The second-order valence-electron chi connectivity index (χ2n) is 8.01. The molecule has 1 N–H and O–H groups in total. The lowest BCUT2D eigenvalue weighted by Gasteiger charge is -2.54. The molecule has 4 aliphatic rings. The van der Waals surface area contributed by atoms with Gasteiger partial charge in [-0.25, -0.2) is 4.79 Å². The molecule has 0 radical (unpaired) electrons. The molecule has 0 aromatic carbocycles. The highest BCUT2D eigenvalue weighted by atomic mass is 16.6. The summed E-state index contributed by atoms with van der Waals surface area (Å²) in [5.41, 5.74) is -1.25. The number of hydrogen-bond acceptors (Lipinski definition) is 6. The Balaban J connectivity index is 1.95. The molecule has 3 heterocycles. The van der Waals surface area contributed by atoms with Crippen LogP contribution in [0.25, 0.3) is 0 Å². The van der Waals surface area contributed by atoms with E-state index in [4.69, 9.17) is 9.47 Å². The van der Waals surface area contributed by atoms with Crippen LogP contribution in [0.5, 0.6) is 0 Å². The van der Waals surface area contributed by atoms with E-state index in [0.717, 1.165) is 0 Å². The van der Waals surface area contributed by atoms with E-state index in [1.54, 1.807) is 19.9 Å². The first-order chi connectivity index (χ1) is 12.7. The first-order valence-electron chi connectivity index (χ1n) is 9.33. The summed E-state index contributed by atoms with van der Waals surface area (Å²) in [6.45, 7) is 12.6. The fourth-order valence-corrected chi connectivity index (χ4v) is 4.69. The van der Waals surface area contributed by atoms with Crippen LogP contribution in [-0.4, -0.2) is 40.5 Å². The molecule has 2 saturated heterocycles. The van der Waals surface area contributed by atoms with Crippen molar-refractivity contribution in [3.05, 3.63) is 36.6 Å². The maximum Gasteiger partial charge on any atom is 0.346 e. The number of aliphatic hydroxyl groups is 1. The van der Waals surface area contributed by atoms with Crippen LogP contribution in [0.3, 0.4) is 0 Å². The number of esters is 1. The van der Waals surface area contributed by atoms with E-state index >= 15 is 0 Å². The molecule has 7 atom stereocenters. The summed E-state index contributed by atoms with van der Waals surface area (Å²) >= 11 is 0. The molecule has 146 valence electrons. The second-order valence-corrected chi connectivity index (χ2v) is 8.01. The number of hydrogen-bond donors (Lipinski definition) is 1. The van der Waals surface area contributed by atoms with Gasteiger partial charge in [0.1, 0.15) is 17.8 Å². The van der Waals surface area contributed by atoms with E-state index in [9.17, 15) is 19.5 Å². The molecule has 6 nitrogen and oxygen atoms in total. The number of ether oxygens (including phenoxy) is 2. The monoisotopic (exact) mass is 374 g/mol. The number of allylic oxidation sites excluding steroid dienone is 1. The van der Waals surface area contributed by atoms with Gasteiger partial charge in [0.15, 0.2) is 22.9 Å². The third kappa shape index (κ3) is 2.78.